The van der Waals surface area contributed by atoms with Crippen molar-refractivity contribution in [3.05, 3.63) is 66.2 Å². The average molecular weight is 331 g/mol. The van der Waals surface area contributed by atoms with Crippen molar-refractivity contribution in [1.82, 2.24) is 0 Å². The third-order valence-electron chi connectivity index (χ3n) is 3.69. The quantitative estimate of drug-likeness (QED) is 0.869. The summed E-state index contributed by atoms with van der Waals surface area (Å²) in [7, 11) is -3.23. The highest BCUT2D eigenvalue weighted by molar-refractivity contribution is 7.91. The van der Waals surface area contributed by atoms with Crippen molar-refractivity contribution in [2.75, 3.05) is 16.8 Å². The van der Waals surface area contributed by atoms with Crippen LogP contribution in [-0.2, 0) is 14.6 Å². The summed E-state index contributed by atoms with van der Waals surface area (Å²) in [6.07, 6.45) is -0.701. The van der Waals surface area contributed by atoms with E-state index in [-0.39, 0.29) is 11.5 Å². The lowest BCUT2D eigenvalue weighted by molar-refractivity contribution is 0.0337. The fourth-order valence-electron chi connectivity index (χ4n) is 2.59. The van der Waals surface area contributed by atoms with Gasteiger partial charge in [0.1, 0.15) is 6.10 Å². The van der Waals surface area contributed by atoms with Crippen LogP contribution in [0.3, 0.4) is 0 Å². The molecule has 1 fully saturated rings. The molecule has 0 bridgehead atoms. The number of rotatable bonds is 4. The molecule has 2 aromatic carbocycles. The van der Waals surface area contributed by atoms with Crippen LogP contribution >= 0.6 is 0 Å². The highest BCUT2D eigenvalue weighted by Crippen LogP contribution is 2.21. The smallest absolute Gasteiger partial charge is 0.338 e. The minimum Gasteiger partial charge on any atom is -0.455 e. The first-order valence-electron chi connectivity index (χ1n) is 7.31. The number of anilines is 1. The SMILES string of the molecule is O=C(OC1CS(=O)(=O)CC1Nc1ccccc1)c1ccccc1. The number of esters is 1. The van der Waals surface area contributed by atoms with Crippen molar-refractivity contribution in [3.63, 3.8) is 0 Å². The van der Waals surface area contributed by atoms with Gasteiger partial charge in [0.15, 0.2) is 9.84 Å². The van der Waals surface area contributed by atoms with Crippen molar-refractivity contribution in [2.45, 2.75) is 12.1 Å². The van der Waals surface area contributed by atoms with Crippen LogP contribution in [0.5, 0.6) is 0 Å². The fraction of sp³-hybridized carbons (Fsp3) is 0.235. The zero-order valence-electron chi connectivity index (χ0n) is 12.4. The Morgan fingerprint density at radius 1 is 0.957 bits per heavy atom. The standard InChI is InChI=1S/C17H17NO4S/c19-17(13-7-3-1-4-8-13)22-16-12-23(20,21)11-15(16)18-14-9-5-2-6-10-14/h1-10,15-16,18H,11-12H2. The first-order chi connectivity index (χ1) is 11.0. The molecule has 0 aromatic heterocycles. The largest absolute Gasteiger partial charge is 0.455 e. The number of hydrogen-bond acceptors (Lipinski definition) is 5. The summed E-state index contributed by atoms with van der Waals surface area (Å²) < 4.78 is 29.3. The fourth-order valence-corrected chi connectivity index (χ4v) is 4.38. The molecule has 23 heavy (non-hydrogen) atoms. The third-order valence-corrected chi connectivity index (χ3v) is 5.40. The molecule has 6 heteroatoms. The van der Waals surface area contributed by atoms with Gasteiger partial charge >= 0.3 is 5.97 Å². The van der Waals surface area contributed by atoms with Crippen molar-refractivity contribution in [3.8, 4) is 0 Å². The Morgan fingerprint density at radius 2 is 1.57 bits per heavy atom. The summed E-state index contributed by atoms with van der Waals surface area (Å²) in [5.74, 6) is -0.711. The maximum absolute atomic E-state index is 12.2. The molecule has 0 saturated carbocycles. The molecule has 5 nitrogen and oxygen atoms in total. The Kier molecular flexibility index (Phi) is 4.34. The molecule has 0 spiro atoms. The first-order valence-corrected chi connectivity index (χ1v) is 9.14. The predicted octanol–water partition coefficient (Wildman–Crippen LogP) is 2.12. The van der Waals surface area contributed by atoms with Crippen LogP contribution in [0.1, 0.15) is 10.4 Å². The molecule has 0 radical (unpaired) electrons. The number of ether oxygens (including phenoxy) is 1. The lowest BCUT2D eigenvalue weighted by atomic mass is 10.2. The summed E-state index contributed by atoms with van der Waals surface area (Å²) in [4.78, 5) is 12.2. The van der Waals surface area contributed by atoms with Gasteiger partial charge in [-0.1, -0.05) is 36.4 Å². The van der Waals surface area contributed by atoms with Gasteiger partial charge in [-0.2, -0.15) is 0 Å². The number of carbonyl (C=O) groups excluding carboxylic acids is 1. The maximum Gasteiger partial charge on any atom is 0.338 e. The van der Waals surface area contributed by atoms with Crippen molar-refractivity contribution >= 4 is 21.5 Å². The van der Waals surface area contributed by atoms with E-state index in [0.717, 1.165) is 5.69 Å². The van der Waals surface area contributed by atoms with Gasteiger partial charge in [-0.3, -0.25) is 0 Å². The highest BCUT2D eigenvalue weighted by atomic mass is 32.2. The van der Waals surface area contributed by atoms with E-state index in [1.807, 2.05) is 30.3 Å². The summed E-state index contributed by atoms with van der Waals surface area (Å²) >= 11 is 0. The van der Waals surface area contributed by atoms with E-state index in [4.69, 9.17) is 4.74 Å². The summed E-state index contributed by atoms with van der Waals surface area (Å²) in [5.41, 5.74) is 1.21. The number of carbonyl (C=O) groups is 1. The average Bonchev–Trinajstić information content (AvgIpc) is 2.82. The Bertz CT molecular complexity index is 775. The van der Waals surface area contributed by atoms with Gasteiger partial charge in [-0.25, -0.2) is 13.2 Å². The van der Waals surface area contributed by atoms with Crippen LogP contribution in [0.25, 0.3) is 0 Å². The minimum atomic E-state index is -3.23. The Labute approximate surface area is 135 Å². The van der Waals surface area contributed by atoms with Gasteiger partial charge in [-0.05, 0) is 24.3 Å². The van der Waals surface area contributed by atoms with Gasteiger partial charge in [-0.15, -0.1) is 0 Å². The topological polar surface area (TPSA) is 72.5 Å². The van der Waals surface area contributed by atoms with E-state index in [9.17, 15) is 13.2 Å². The molecule has 1 saturated heterocycles. The molecular weight excluding hydrogens is 314 g/mol. The van der Waals surface area contributed by atoms with Gasteiger partial charge in [0, 0.05) is 5.69 Å². The summed E-state index contributed by atoms with van der Waals surface area (Å²) in [6.45, 7) is 0. The van der Waals surface area contributed by atoms with E-state index >= 15 is 0 Å². The van der Waals surface area contributed by atoms with E-state index in [1.165, 1.54) is 0 Å². The van der Waals surface area contributed by atoms with E-state index in [0.29, 0.717) is 5.56 Å². The van der Waals surface area contributed by atoms with Crippen molar-refractivity contribution < 1.29 is 17.9 Å². The molecule has 120 valence electrons. The van der Waals surface area contributed by atoms with Crippen LogP contribution in [-0.4, -0.2) is 38.0 Å². The van der Waals surface area contributed by atoms with E-state index in [1.54, 1.807) is 30.3 Å². The summed E-state index contributed by atoms with van der Waals surface area (Å²) in [6, 6.07) is 17.4. The molecule has 0 amide bonds. The molecule has 1 aliphatic rings. The Hall–Kier alpha value is -2.34. The van der Waals surface area contributed by atoms with Gasteiger partial charge < -0.3 is 10.1 Å². The monoisotopic (exact) mass is 331 g/mol. The van der Waals surface area contributed by atoms with E-state index < -0.39 is 28.0 Å². The number of benzene rings is 2. The molecule has 1 N–H and O–H groups in total. The van der Waals surface area contributed by atoms with Crippen LogP contribution in [0.15, 0.2) is 60.7 Å². The van der Waals surface area contributed by atoms with E-state index in [2.05, 4.69) is 5.32 Å². The first kappa shape index (κ1) is 15.6. The lowest BCUT2D eigenvalue weighted by Crippen LogP contribution is -2.35. The molecule has 2 unspecified atom stereocenters. The number of hydrogen-bond donors (Lipinski definition) is 1. The number of sulfone groups is 1. The highest BCUT2D eigenvalue weighted by Gasteiger charge is 2.40. The van der Waals surface area contributed by atoms with Gasteiger partial charge in [0.25, 0.3) is 0 Å². The van der Waals surface area contributed by atoms with Crippen LogP contribution in [0, 0.1) is 0 Å². The number of para-hydroxylation sites is 1. The molecule has 2 atom stereocenters. The number of nitrogens with one attached hydrogen (secondary N) is 1. The van der Waals surface area contributed by atoms with Crippen molar-refractivity contribution in [1.29, 1.82) is 0 Å². The Morgan fingerprint density at radius 3 is 2.22 bits per heavy atom. The maximum atomic E-state index is 12.2. The zero-order chi connectivity index (χ0) is 16.3. The van der Waals surface area contributed by atoms with Gasteiger partial charge in [0.2, 0.25) is 0 Å². The molecule has 1 heterocycles. The zero-order valence-corrected chi connectivity index (χ0v) is 13.2. The van der Waals surface area contributed by atoms with Crippen molar-refractivity contribution in [2.24, 2.45) is 0 Å². The molecular formula is C17H17NO4S. The molecule has 2 aromatic rings. The molecule has 1 aliphatic heterocycles. The predicted molar refractivity (Wildman–Crippen MR) is 88.2 cm³/mol. The van der Waals surface area contributed by atoms with Crippen LogP contribution < -0.4 is 5.32 Å². The minimum absolute atomic E-state index is 0.0470. The Balaban J connectivity index is 1.74. The molecule has 0 aliphatic carbocycles. The third kappa shape index (κ3) is 3.90. The second-order valence-corrected chi connectivity index (χ2v) is 7.66. The summed E-state index contributed by atoms with van der Waals surface area (Å²) in [5, 5.41) is 3.15. The van der Waals surface area contributed by atoms with Gasteiger partial charge in [0.05, 0.1) is 23.1 Å². The van der Waals surface area contributed by atoms with Crippen LogP contribution in [0.4, 0.5) is 5.69 Å². The van der Waals surface area contributed by atoms with Crippen LogP contribution in [0.2, 0.25) is 0 Å². The second kappa shape index (κ2) is 6.42. The molecule has 3 rings (SSSR count). The second-order valence-electron chi connectivity index (χ2n) is 5.50. The normalized spacial score (nSPS) is 22.4. The lowest BCUT2D eigenvalue weighted by Gasteiger charge is -2.21.